The summed E-state index contributed by atoms with van der Waals surface area (Å²) < 4.78 is 10.4. The maximum absolute atomic E-state index is 11.8. The van der Waals surface area contributed by atoms with Gasteiger partial charge in [-0.25, -0.2) is 4.79 Å². The predicted octanol–water partition coefficient (Wildman–Crippen LogP) is 2.18. The number of benzene rings is 1. The van der Waals surface area contributed by atoms with Gasteiger partial charge in [-0.1, -0.05) is 13.8 Å². The Hall–Kier alpha value is -1.79. The SMILES string of the molecule is CCN(CC)CCNC(=O)Nc1ccc(OCCOC)cc1. The lowest BCUT2D eigenvalue weighted by Crippen LogP contribution is -2.36. The Morgan fingerprint density at radius 1 is 1.14 bits per heavy atom. The van der Waals surface area contributed by atoms with Crippen LogP contribution in [0, 0.1) is 0 Å². The molecule has 2 N–H and O–H groups in total. The summed E-state index contributed by atoms with van der Waals surface area (Å²) in [5, 5.41) is 5.64. The van der Waals surface area contributed by atoms with Crippen molar-refractivity contribution in [2.24, 2.45) is 0 Å². The molecule has 0 unspecified atom stereocenters. The van der Waals surface area contributed by atoms with E-state index in [4.69, 9.17) is 9.47 Å². The lowest BCUT2D eigenvalue weighted by atomic mass is 10.3. The normalized spacial score (nSPS) is 10.5. The van der Waals surface area contributed by atoms with Gasteiger partial charge in [-0.15, -0.1) is 0 Å². The number of ether oxygens (including phenoxy) is 2. The number of anilines is 1. The number of carbonyl (C=O) groups excluding carboxylic acids is 1. The first-order valence-electron chi connectivity index (χ1n) is 7.68. The third-order valence-electron chi connectivity index (χ3n) is 3.28. The summed E-state index contributed by atoms with van der Waals surface area (Å²) in [5.74, 6) is 0.754. The summed E-state index contributed by atoms with van der Waals surface area (Å²) in [4.78, 5) is 14.0. The number of amides is 2. The highest BCUT2D eigenvalue weighted by Crippen LogP contribution is 2.15. The molecule has 0 fully saturated rings. The predicted molar refractivity (Wildman–Crippen MR) is 88.6 cm³/mol. The minimum Gasteiger partial charge on any atom is -0.491 e. The van der Waals surface area contributed by atoms with Crippen molar-refractivity contribution < 1.29 is 14.3 Å². The van der Waals surface area contributed by atoms with Gasteiger partial charge >= 0.3 is 6.03 Å². The number of urea groups is 1. The van der Waals surface area contributed by atoms with Crippen molar-refractivity contribution in [2.45, 2.75) is 13.8 Å². The van der Waals surface area contributed by atoms with Crippen molar-refractivity contribution in [1.82, 2.24) is 10.2 Å². The molecule has 0 heterocycles. The van der Waals surface area contributed by atoms with Crippen molar-refractivity contribution >= 4 is 11.7 Å². The smallest absolute Gasteiger partial charge is 0.319 e. The van der Waals surface area contributed by atoms with Gasteiger partial charge in [-0.3, -0.25) is 0 Å². The second kappa shape index (κ2) is 10.9. The van der Waals surface area contributed by atoms with Gasteiger partial charge in [0.1, 0.15) is 12.4 Å². The summed E-state index contributed by atoms with van der Waals surface area (Å²) in [7, 11) is 1.63. The summed E-state index contributed by atoms with van der Waals surface area (Å²) >= 11 is 0. The molecule has 0 spiro atoms. The first-order valence-corrected chi connectivity index (χ1v) is 7.68. The van der Waals surface area contributed by atoms with Gasteiger partial charge in [0.05, 0.1) is 6.61 Å². The van der Waals surface area contributed by atoms with Gasteiger partial charge in [0, 0.05) is 25.9 Å². The third kappa shape index (κ3) is 7.28. The maximum atomic E-state index is 11.8. The minimum absolute atomic E-state index is 0.194. The van der Waals surface area contributed by atoms with E-state index >= 15 is 0 Å². The molecule has 6 nitrogen and oxygen atoms in total. The second-order valence-corrected chi connectivity index (χ2v) is 4.77. The zero-order chi connectivity index (χ0) is 16.2. The Labute approximate surface area is 132 Å². The quantitative estimate of drug-likeness (QED) is 0.650. The van der Waals surface area contributed by atoms with Crippen LogP contribution in [-0.2, 0) is 4.74 Å². The number of nitrogens with one attached hydrogen (secondary N) is 2. The van der Waals surface area contributed by atoms with Gasteiger partial charge in [0.15, 0.2) is 0 Å². The van der Waals surface area contributed by atoms with Crippen LogP contribution in [0.4, 0.5) is 10.5 Å². The monoisotopic (exact) mass is 309 g/mol. The van der Waals surface area contributed by atoms with E-state index in [2.05, 4.69) is 29.4 Å². The maximum Gasteiger partial charge on any atom is 0.319 e. The Kier molecular flexibility index (Phi) is 9.02. The molecule has 0 bridgehead atoms. The zero-order valence-electron chi connectivity index (χ0n) is 13.7. The number of hydrogen-bond donors (Lipinski definition) is 2. The van der Waals surface area contributed by atoms with Crippen LogP contribution in [0.5, 0.6) is 5.75 Å². The third-order valence-corrected chi connectivity index (χ3v) is 3.28. The van der Waals surface area contributed by atoms with E-state index in [0.29, 0.717) is 19.8 Å². The van der Waals surface area contributed by atoms with Crippen LogP contribution >= 0.6 is 0 Å². The second-order valence-electron chi connectivity index (χ2n) is 4.77. The number of nitrogens with zero attached hydrogens (tertiary/aromatic N) is 1. The van der Waals surface area contributed by atoms with Gasteiger partial charge in [-0.05, 0) is 37.4 Å². The van der Waals surface area contributed by atoms with Crippen LogP contribution < -0.4 is 15.4 Å². The molecule has 0 radical (unpaired) electrons. The molecule has 1 rings (SSSR count). The van der Waals surface area contributed by atoms with Crippen LogP contribution in [0.15, 0.2) is 24.3 Å². The Morgan fingerprint density at radius 3 is 2.41 bits per heavy atom. The molecule has 2 amide bonds. The summed E-state index contributed by atoms with van der Waals surface area (Å²) in [5.41, 5.74) is 0.736. The van der Waals surface area contributed by atoms with Gasteiger partial charge in [0.2, 0.25) is 0 Å². The van der Waals surface area contributed by atoms with Crippen LogP contribution in [0.3, 0.4) is 0 Å². The highest BCUT2D eigenvalue weighted by Gasteiger charge is 2.03. The van der Waals surface area contributed by atoms with E-state index in [0.717, 1.165) is 31.1 Å². The average Bonchev–Trinajstić information content (AvgIpc) is 2.53. The first kappa shape index (κ1) is 18.3. The van der Waals surface area contributed by atoms with Crippen molar-refractivity contribution in [2.75, 3.05) is 51.8 Å². The Bertz CT molecular complexity index is 419. The molecule has 124 valence electrons. The van der Waals surface area contributed by atoms with Crippen molar-refractivity contribution in [1.29, 1.82) is 0 Å². The fourth-order valence-electron chi connectivity index (χ4n) is 1.92. The summed E-state index contributed by atoms with van der Waals surface area (Å²) in [6.45, 7) is 8.75. The molecule has 0 saturated heterocycles. The number of hydrogen-bond acceptors (Lipinski definition) is 4. The molecule has 0 aromatic heterocycles. The molecule has 22 heavy (non-hydrogen) atoms. The van der Waals surface area contributed by atoms with Gasteiger partial charge in [0.25, 0.3) is 0 Å². The number of carbonyl (C=O) groups is 1. The molecule has 0 aliphatic rings. The van der Waals surface area contributed by atoms with E-state index in [1.807, 2.05) is 24.3 Å². The fourth-order valence-corrected chi connectivity index (χ4v) is 1.92. The topological polar surface area (TPSA) is 62.8 Å². The van der Waals surface area contributed by atoms with E-state index < -0.39 is 0 Å². The van der Waals surface area contributed by atoms with E-state index in [1.54, 1.807) is 7.11 Å². The largest absolute Gasteiger partial charge is 0.491 e. The molecule has 0 aliphatic heterocycles. The number of rotatable bonds is 10. The lowest BCUT2D eigenvalue weighted by molar-refractivity contribution is 0.146. The fraction of sp³-hybridized carbons (Fsp3) is 0.562. The number of methoxy groups -OCH3 is 1. The van der Waals surface area contributed by atoms with Crippen molar-refractivity contribution in [3.05, 3.63) is 24.3 Å². The molecule has 0 atom stereocenters. The standard InChI is InChI=1S/C16H27N3O3/c1-4-19(5-2)11-10-17-16(20)18-14-6-8-15(9-7-14)22-13-12-21-3/h6-9H,4-5,10-13H2,1-3H3,(H2,17,18,20). The summed E-state index contributed by atoms with van der Waals surface area (Å²) in [6, 6.07) is 7.07. The molecule has 0 aliphatic carbocycles. The highest BCUT2D eigenvalue weighted by atomic mass is 16.5. The first-order chi connectivity index (χ1) is 10.7. The van der Waals surface area contributed by atoms with Crippen molar-refractivity contribution in [3.63, 3.8) is 0 Å². The Morgan fingerprint density at radius 2 is 1.82 bits per heavy atom. The van der Waals surface area contributed by atoms with Crippen LogP contribution in [0.2, 0.25) is 0 Å². The van der Waals surface area contributed by atoms with Crippen LogP contribution in [0.1, 0.15) is 13.8 Å². The van der Waals surface area contributed by atoms with E-state index in [-0.39, 0.29) is 6.03 Å². The number of likely N-dealkylation sites (N-methyl/N-ethyl adjacent to an activating group) is 1. The zero-order valence-corrected chi connectivity index (χ0v) is 13.7. The molecule has 0 saturated carbocycles. The van der Waals surface area contributed by atoms with E-state index in [9.17, 15) is 4.79 Å². The molecule has 1 aromatic rings. The van der Waals surface area contributed by atoms with Crippen molar-refractivity contribution in [3.8, 4) is 5.75 Å². The highest BCUT2D eigenvalue weighted by molar-refractivity contribution is 5.89. The Balaban J connectivity index is 2.29. The van der Waals surface area contributed by atoms with Crippen LogP contribution in [-0.4, -0.2) is 57.4 Å². The van der Waals surface area contributed by atoms with E-state index in [1.165, 1.54) is 0 Å². The molecular weight excluding hydrogens is 282 g/mol. The minimum atomic E-state index is -0.194. The van der Waals surface area contributed by atoms with Crippen LogP contribution in [0.25, 0.3) is 0 Å². The molecule has 1 aromatic carbocycles. The lowest BCUT2D eigenvalue weighted by Gasteiger charge is -2.18. The molecular formula is C16H27N3O3. The van der Waals surface area contributed by atoms with Gasteiger partial charge < -0.3 is 25.0 Å². The van der Waals surface area contributed by atoms with Gasteiger partial charge in [-0.2, -0.15) is 0 Å². The summed E-state index contributed by atoms with van der Waals surface area (Å²) in [6.07, 6.45) is 0. The molecule has 6 heteroatoms. The average molecular weight is 309 g/mol.